The minimum absolute atomic E-state index is 1.21. The van der Waals surface area contributed by atoms with Crippen molar-refractivity contribution in [2.45, 2.75) is 39.3 Å². The van der Waals surface area contributed by atoms with Crippen molar-refractivity contribution in [3.05, 3.63) is 6.20 Å². The Morgan fingerprint density at radius 1 is 1.00 bits per heavy atom. The molecule has 0 aliphatic carbocycles. The predicted molar refractivity (Wildman–Crippen MR) is 69.2 cm³/mol. The minimum atomic E-state index is -1.26. The average Bonchev–Trinajstić information content (AvgIpc) is 2.26. The van der Waals surface area contributed by atoms with Crippen LogP contribution in [0.1, 0.15) is 0 Å². The molecule has 0 spiro atoms. The van der Waals surface area contributed by atoms with Gasteiger partial charge in [-0.1, -0.05) is 39.3 Å². The van der Waals surface area contributed by atoms with Crippen molar-refractivity contribution >= 4 is 26.9 Å². The van der Waals surface area contributed by atoms with Gasteiger partial charge in [0.05, 0.1) is 5.45 Å². The van der Waals surface area contributed by atoms with Crippen molar-refractivity contribution in [2.75, 3.05) is 0 Å². The van der Waals surface area contributed by atoms with Crippen molar-refractivity contribution in [3.8, 4) is 0 Å². The van der Waals surface area contributed by atoms with E-state index in [-0.39, 0.29) is 0 Å². The van der Waals surface area contributed by atoms with E-state index in [0.717, 1.165) is 0 Å². The lowest BCUT2D eigenvalue weighted by atomic mass is 10.9. The van der Waals surface area contributed by atoms with E-state index in [1.807, 2.05) is 0 Å². The van der Waals surface area contributed by atoms with Gasteiger partial charge in [0, 0.05) is 18.6 Å². The molecule has 1 heterocycles. The first-order valence-corrected chi connectivity index (χ1v) is 12.2. The quantitative estimate of drug-likeness (QED) is 0.699. The second kappa shape index (κ2) is 3.34. The fourth-order valence-electron chi connectivity index (χ4n) is 1.80. The maximum absolute atomic E-state index is 4.61. The van der Waals surface area contributed by atoms with Gasteiger partial charge in [-0.15, -0.1) is 0 Å². The monoisotopic (exact) mass is 226 g/mol. The number of nitrogens with zero attached hydrogens (tertiary/aromatic N) is 2. The van der Waals surface area contributed by atoms with Crippen LogP contribution in [0.2, 0.25) is 39.3 Å². The number of imidazole rings is 1. The summed E-state index contributed by atoms with van der Waals surface area (Å²) in [5, 5.41) is 1.47. The molecule has 0 atom stereocenters. The van der Waals surface area contributed by atoms with E-state index in [1.54, 1.807) is 0 Å². The summed E-state index contributed by atoms with van der Waals surface area (Å²) in [5.41, 5.74) is 1.33. The van der Waals surface area contributed by atoms with Crippen LogP contribution in [0, 0.1) is 0 Å². The number of hydrogen-bond donors (Lipinski definition) is 0. The van der Waals surface area contributed by atoms with Gasteiger partial charge < -0.3 is 4.57 Å². The zero-order valence-electron chi connectivity index (χ0n) is 10.5. The maximum Gasteiger partial charge on any atom is 0.123 e. The normalized spacial score (nSPS) is 13.4. The van der Waals surface area contributed by atoms with Gasteiger partial charge in [-0.3, -0.25) is 0 Å². The van der Waals surface area contributed by atoms with Gasteiger partial charge >= 0.3 is 0 Å². The van der Waals surface area contributed by atoms with Gasteiger partial charge in [-0.2, -0.15) is 0 Å². The lowest BCUT2D eigenvalue weighted by molar-refractivity contribution is 0.966. The van der Waals surface area contributed by atoms with Crippen LogP contribution in [0.25, 0.3) is 0 Å². The Hall–Kier alpha value is -0.356. The SMILES string of the molecule is Cn1c([Si](C)(C)C)cnc1[Si](C)(C)C. The third-order valence-corrected chi connectivity index (χ3v) is 6.23. The minimum Gasteiger partial charge on any atom is -0.343 e. The van der Waals surface area contributed by atoms with E-state index < -0.39 is 16.1 Å². The summed E-state index contributed by atoms with van der Waals surface area (Å²) in [6.07, 6.45) is 2.10. The molecule has 2 nitrogen and oxygen atoms in total. The fourth-order valence-corrected chi connectivity index (χ4v) is 5.06. The van der Waals surface area contributed by atoms with Gasteiger partial charge in [-0.05, 0) is 0 Å². The molecule has 0 unspecified atom stereocenters. The second-order valence-electron chi connectivity index (χ2n) is 6.03. The zero-order chi connectivity index (χ0) is 11.1. The van der Waals surface area contributed by atoms with Crippen LogP contribution in [-0.4, -0.2) is 25.7 Å². The highest BCUT2D eigenvalue weighted by Gasteiger charge is 2.27. The van der Waals surface area contributed by atoms with Gasteiger partial charge in [-0.25, -0.2) is 4.98 Å². The molecule has 0 saturated carbocycles. The molecule has 1 aromatic heterocycles. The van der Waals surface area contributed by atoms with Crippen LogP contribution in [0.4, 0.5) is 0 Å². The molecule has 0 aromatic carbocycles. The molecule has 0 saturated heterocycles. The van der Waals surface area contributed by atoms with Crippen LogP contribution < -0.4 is 10.8 Å². The molecule has 14 heavy (non-hydrogen) atoms. The van der Waals surface area contributed by atoms with E-state index in [2.05, 4.69) is 62.1 Å². The average molecular weight is 226 g/mol. The predicted octanol–water partition coefficient (Wildman–Crippen LogP) is 1.51. The fraction of sp³-hybridized carbons (Fsp3) is 0.700. The highest BCUT2D eigenvalue weighted by molar-refractivity contribution is 6.90. The van der Waals surface area contributed by atoms with Crippen LogP contribution >= 0.6 is 0 Å². The van der Waals surface area contributed by atoms with Crippen molar-refractivity contribution in [1.29, 1.82) is 0 Å². The lowest BCUT2D eigenvalue weighted by Crippen LogP contribution is -2.50. The van der Waals surface area contributed by atoms with E-state index in [0.29, 0.717) is 0 Å². The summed E-state index contributed by atoms with van der Waals surface area (Å²) in [7, 11) is -0.300. The molecule has 1 aromatic rings. The third kappa shape index (κ3) is 2.17. The molecule has 1 rings (SSSR count). The topological polar surface area (TPSA) is 17.8 Å². The summed E-state index contributed by atoms with van der Waals surface area (Å²) < 4.78 is 2.35. The number of aromatic nitrogens is 2. The summed E-state index contributed by atoms with van der Waals surface area (Å²) in [6, 6.07) is 0. The second-order valence-corrected chi connectivity index (χ2v) is 16.0. The van der Waals surface area contributed by atoms with Crippen molar-refractivity contribution in [1.82, 2.24) is 9.55 Å². The maximum atomic E-state index is 4.61. The smallest absolute Gasteiger partial charge is 0.123 e. The molecule has 80 valence electrons. The summed E-state index contributed by atoms with van der Waals surface area (Å²) in [5.74, 6) is 0. The lowest BCUT2D eigenvalue weighted by Gasteiger charge is -2.21. The molecule has 0 aliphatic heterocycles. The molecule has 0 radical (unpaired) electrons. The summed E-state index contributed by atoms with van der Waals surface area (Å²) in [6.45, 7) is 14.2. The largest absolute Gasteiger partial charge is 0.343 e. The highest BCUT2D eigenvalue weighted by Crippen LogP contribution is 2.03. The molecular weight excluding hydrogens is 204 g/mol. The van der Waals surface area contributed by atoms with E-state index in [4.69, 9.17) is 0 Å². The third-order valence-electron chi connectivity index (χ3n) is 2.43. The Labute approximate surface area is 89.4 Å². The van der Waals surface area contributed by atoms with Crippen molar-refractivity contribution in [2.24, 2.45) is 7.05 Å². The van der Waals surface area contributed by atoms with Gasteiger partial charge in [0.15, 0.2) is 0 Å². The first-order chi connectivity index (χ1) is 6.14. The molecule has 0 fully saturated rings. The van der Waals surface area contributed by atoms with E-state index in [1.165, 1.54) is 10.8 Å². The molecule has 0 amide bonds. The van der Waals surface area contributed by atoms with Crippen LogP contribution in [0.15, 0.2) is 6.20 Å². The van der Waals surface area contributed by atoms with Crippen LogP contribution in [-0.2, 0) is 7.05 Å². The standard InChI is InChI=1S/C10H22N2Si2/c1-12-9(13(2,3)4)8-11-10(12)14(5,6)7/h8H,1-7H3. The Balaban J connectivity index is 3.23. The highest BCUT2D eigenvalue weighted by atomic mass is 28.3. The van der Waals surface area contributed by atoms with Crippen LogP contribution in [0.5, 0.6) is 0 Å². The summed E-state index contributed by atoms with van der Waals surface area (Å²) in [4.78, 5) is 4.61. The molecule has 0 aliphatic rings. The van der Waals surface area contributed by atoms with Gasteiger partial charge in [0.2, 0.25) is 0 Å². The van der Waals surface area contributed by atoms with Crippen LogP contribution in [0.3, 0.4) is 0 Å². The van der Waals surface area contributed by atoms with Crippen molar-refractivity contribution in [3.63, 3.8) is 0 Å². The molecule has 0 N–H and O–H groups in total. The van der Waals surface area contributed by atoms with E-state index >= 15 is 0 Å². The molecular formula is C10H22N2Si2. The number of hydrogen-bond acceptors (Lipinski definition) is 1. The molecule has 4 heteroatoms. The first-order valence-electron chi connectivity index (χ1n) is 5.16. The summed E-state index contributed by atoms with van der Waals surface area (Å²) >= 11 is 0. The Bertz CT molecular complexity index is 297. The van der Waals surface area contributed by atoms with Gasteiger partial charge in [0.25, 0.3) is 0 Å². The zero-order valence-corrected chi connectivity index (χ0v) is 12.5. The molecule has 0 bridgehead atoms. The van der Waals surface area contributed by atoms with Gasteiger partial charge in [0.1, 0.15) is 16.1 Å². The Kier molecular flexibility index (Phi) is 2.80. The Morgan fingerprint density at radius 3 is 1.71 bits per heavy atom. The number of rotatable bonds is 2. The van der Waals surface area contributed by atoms with Crippen molar-refractivity contribution < 1.29 is 0 Å². The Morgan fingerprint density at radius 2 is 1.50 bits per heavy atom. The van der Waals surface area contributed by atoms with E-state index in [9.17, 15) is 0 Å². The first kappa shape index (κ1) is 11.7.